The summed E-state index contributed by atoms with van der Waals surface area (Å²) in [6.45, 7) is 17.6. The molecule has 0 saturated carbocycles. The number of amides is 3. The molecule has 8 heteroatoms. The molecule has 0 heterocycles. The molecule has 28 heavy (non-hydrogen) atoms. The summed E-state index contributed by atoms with van der Waals surface area (Å²) in [6, 6.07) is -2.78. The highest BCUT2D eigenvalue weighted by Crippen LogP contribution is 2.16. The summed E-state index contributed by atoms with van der Waals surface area (Å²) in [5, 5.41) is 10.9. The van der Waals surface area contributed by atoms with E-state index in [1.54, 1.807) is 41.5 Å². The molecular weight excluding hydrogens is 360 g/mol. The number of rotatable bonds is 8. The van der Waals surface area contributed by atoms with Gasteiger partial charge in [0.05, 0.1) is 12.1 Å². The maximum Gasteiger partial charge on any atom is 0.242 e. The summed E-state index contributed by atoms with van der Waals surface area (Å²) < 4.78 is 0. The summed E-state index contributed by atoms with van der Waals surface area (Å²) in [5.74, 6) is -1.34. The highest BCUT2D eigenvalue weighted by Gasteiger charge is 2.29. The molecule has 0 aromatic rings. The molecule has 0 rings (SSSR count). The Morgan fingerprint density at radius 2 is 0.893 bits per heavy atom. The molecule has 0 saturated heterocycles. The van der Waals surface area contributed by atoms with Gasteiger partial charge in [-0.3, -0.25) is 19.2 Å². The zero-order chi connectivity index (χ0) is 22.4. The third-order valence-electron chi connectivity index (χ3n) is 4.04. The van der Waals surface area contributed by atoms with E-state index in [4.69, 9.17) is 0 Å². The van der Waals surface area contributed by atoms with Crippen LogP contribution in [0.15, 0.2) is 0 Å². The Morgan fingerprint density at radius 1 is 0.571 bits per heavy atom. The van der Waals surface area contributed by atoms with Crippen LogP contribution in [0.25, 0.3) is 0 Å². The Balaban J connectivity index is 4.65. The van der Waals surface area contributed by atoms with Crippen LogP contribution in [0.5, 0.6) is 0 Å². The first-order chi connectivity index (χ1) is 12.5. The first-order valence-electron chi connectivity index (χ1n) is 9.69. The molecule has 0 aliphatic carbocycles. The van der Waals surface area contributed by atoms with E-state index in [0.717, 1.165) is 0 Å². The normalized spacial score (nSPS) is 16.4. The summed E-state index contributed by atoms with van der Waals surface area (Å²) in [5.41, 5.74) is -0.814. The Hall–Kier alpha value is -1.96. The van der Waals surface area contributed by atoms with E-state index in [1.807, 2.05) is 20.8 Å². The van der Waals surface area contributed by atoms with Crippen LogP contribution >= 0.6 is 0 Å². The highest BCUT2D eigenvalue weighted by molar-refractivity contribution is 5.95. The average Bonchev–Trinajstić information content (AvgIpc) is 2.50. The summed E-state index contributed by atoms with van der Waals surface area (Å²) in [6.07, 6.45) is 0. The maximum atomic E-state index is 12.3. The molecule has 0 bridgehead atoms. The summed E-state index contributed by atoms with van der Waals surface area (Å²) in [4.78, 5) is 48.9. The Labute approximate surface area is 169 Å². The zero-order valence-electron chi connectivity index (χ0n) is 18.9. The molecule has 0 aliphatic heterocycles. The third kappa shape index (κ3) is 9.30. The van der Waals surface area contributed by atoms with Crippen LogP contribution in [-0.4, -0.2) is 53.2 Å². The minimum absolute atomic E-state index is 0.0969. The van der Waals surface area contributed by atoms with Crippen LogP contribution in [0.3, 0.4) is 0 Å². The molecule has 4 unspecified atom stereocenters. The van der Waals surface area contributed by atoms with Crippen molar-refractivity contribution in [3.05, 3.63) is 0 Å². The second-order valence-electron chi connectivity index (χ2n) is 9.42. The van der Waals surface area contributed by atoms with Crippen molar-refractivity contribution in [2.45, 2.75) is 98.9 Å². The van der Waals surface area contributed by atoms with Crippen molar-refractivity contribution in [1.29, 1.82) is 0 Å². The molecule has 0 spiro atoms. The number of hydrogen-bond acceptors (Lipinski definition) is 5. The van der Waals surface area contributed by atoms with Crippen molar-refractivity contribution in [1.82, 2.24) is 21.3 Å². The van der Waals surface area contributed by atoms with E-state index in [0.29, 0.717) is 0 Å². The van der Waals surface area contributed by atoms with Crippen molar-refractivity contribution in [3.8, 4) is 0 Å². The van der Waals surface area contributed by atoms with Crippen molar-refractivity contribution < 1.29 is 19.2 Å². The molecular formula is C20H38N4O4. The fourth-order valence-corrected chi connectivity index (χ4v) is 2.58. The maximum absolute atomic E-state index is 12.3. The lowest BCUT2D eigenvalue weighted by Crippen LogP contribution is -2.56. The highest BCUT2D eigenvalue weighted by atomic mass is 16.2. The fraction of sp³-hybridized carbons (Fsp3) is 0.800. The van der Waals surface area contributed by atoms with E-state index in [2.05, 4.69) is 21.3 Å². The lowest BCUT2D eigenvalue weighted by Gasteiger charge is -2.27. The van der Waals surface area contributed by atoms with Gasteiger partial charge in [0.1, 0.15) is 12.1 Å². The number of carbonyl (C=O) groups is 4. The van der Waals surface area contributed by atoms with E-state index in [-0.39, 0.29) is 17.2 Å². The van der Waals surface area contributed by atoms with Crippen LogP contribution in [0.4, 0.5) is 0 Å². The van der Waals surface area contributed by atoms with E-state index in [1.165, 1.54) is 6.92 Å². The number of Topliss-reactive ketones (excluding diaryl/α,β-unsaturated/α-hetero) is 1. The second-order valence-corrected chi connectivity index (χ2v) is 9.42. The molecule has 0 aliphatic rings. The van der Waals surface area contributed by atoms with Gasteiger partial charge in [0.2, 0.25) is 17.7 Å². The number of nitrogens with one attached hydrogen (secondary N) is 4. The van der Waals surface area contributed by atoms with Crippen molar-refractivity contribution >= 4 is 23.5 Å². The van der Waals surface area contributed by atoms with Crippen LogP contribution in [0.1, 0.15) is 69.2 Å². The van der Waals surface area contributed by atoms with Gasteiger partial charge in [-0.1, -0.05) is 20.8 Å². The van der Waals surface area contributed by atoms with Gasteiger partial charge in [0.15, 0.2) is 5.78 Å². The minimum Gasteiger partial charge on any atom is -0.345 e. The molecule has 0 aromatic heterocycles. The van der Waals surface area contributed by atoms with Gasteiger partial charge in [0, 0.05) is 11.0 Å². The standard InChI is InChI=1S/C20H38N4O4/c1-11(15(25)19(5,6)7)21-16(26)12(2)22-17(27)13(3)23-18(28)14(4)24-20(8,9)10/h11-14,24H,1-10H3,(H,21,26)(H,22,27)(H,23,28). The van der Waals surface area contributed by atoms with E-state index < -0.39 is 41.4 Å². The lowest BCUT2D eigenvalue weighted by molar-refractivity contribution is -0.134. The predicted molar refractivity (Wildman–Crippen MR) is 110 cm³/mol. The Bertz CT molecular complexity index is 590. The van der Waals surface area contributed by atoms with E-state index >= 15 is 0 Å². The smallest absolute Gasteiger partial charge is 0.242 e. The molecule has 4 atom stereocenters. The fourth-order valence-electron chi connectivity index (χ4n) is 2.58. The quantitative estimate of drug-likeness (QED) is 0.485. The SMILES string of the molecule is CC(NC(=O)C(C)NC(C)(C)C)C(=O)NC(C)C(=O)NC(C)C(=O)C(C)(C)C. The Kier molecular flexibility index (Phi) is 9.30. The Morgan fingerprint density at radius 3 is 1.21 bits per heavy atom. The van der Waals surface area contributed by atoms with Crippen molar-refractivity contribution in [2.75, 3.05) is 0 Å². The number of hydrogen-bond donors (Lipinski definition) is 4. The van der Waals surface area contributed by atoms with Crippen LogP contribution in [0, 0.1) is 5.41 Å². The first kappa shape index (κ1) is 26.0. The molecule has 162 valence electrons. The largest absolute Gasteiger partial charge is 0.345 e. The van der Waals surface area contributed by atoms with E-state index in [9.17, 15) is 19.2 Å². The van der Waals surface area contributed by atoms with Crippen molar-refractivity contribution in [3.63, 3.8) is 0 Å². The molecule has 0 aromatic carbocycles. The van der Waals surface area contributed by atoms with Gasteiger partial charge < -0.3 is 21.3 Å². The van der Waals surface area contributed by atoms with Crippen LogP contribution in [-0.2, 0) is 19.2 Å². The molecule has 3 amide bonds. The van der Waals surface area contributed by atoms with Crippen molar-refractivity contribution in [2.24, 2.45) is 5.41 Å². The van der Waals surface area contributed by atoms with Crippen LogP contribution < -0.4 is 21.3 Å². The monoisotopic (exact) mass is 398 g/mol. The zero-order valence-corrected chi connectivity index (χ0v) is 18.9. The summed E-state index contributed by atoms with van der Waals surface area (Å²) >= 11 is 0. The molecule has 8 nitrogen and oxygen atoms in total. The topological polar surface area (TPSA) is 116 Å². The third-order valence-corrected chi connectivity index (χ3v) is 4.04. The minimum atomic E-state index is -0.841. The van der Waals surface area contributed by atoms with Gasteiger partial charge in [0.25, 0.3) is 0 Å². The van der Waals surface area contributed by atoms with Gasteiger partial charge in [-0.2, -0.15) is 0 Å². The number of carbonyl (C=O) groups excluding carboxylic acids is 4. The van der Waals surface area contributed by atoms with Gasteiger partial charge in [-0.15, -0.1) is 0 Å². The molecule has 4 N–H and O–H groups in total. The lowest BCUT2D eigenvalue weighted by atomic mass is 9.87. The van der Waals surface area contributed by atoms with Gasteiger partial charge in [-0.25, -0.2) is 0 Å². The first-order valence-corrected chi connectivity index (χ1v) is 9.69. The second kappa shape index (κ2) is 10.0. The summed E-state index contributed by atoms with van der Waals surface area (Å²) in [7, 11) is 0. The predicted octanol–water partition coefficient (Wildman–Crippen LogP) is 0.892. The van der Waals surface area contributed by atoms with Gasteiger partial charge in [-0.05, 0) is 48.5 Å². The number of ketones is 1. The molecule has 0 fully saturated rings. The van der Waals surface area contributed by atoms with Crippen LogP contribution in [0.2, 0.25) is 0 Å². The average molecular weight is 399 g/mol. The molecule has 0 radical (unpaired) electrons. The van der Waals surface area contributed by atoms with Gasteiger partial charge >= 0.3 is 0 Å².